The van der Waals surface area contributed by atoms with Crippen molar-refractivity contribution < 1.29 is 0 Å². The first-order valence-corrected chi connectivity index (χ1v) is 6.79. The third-order valence-corrected chi connectivity index (χ3v) is 3.02. The van der Waals surface area contributed by atoms with Crippen LogP contribution in [0.15, 0.2) is 36.4 Å². The van der Waals surface area contributed by atoms with E-state index in [0.717, 1.165) is 29.7 Å². The third-order valence-electron chi connectivity index (χ3n) is 3.02. The van der Waals surface area contributed by atoms with Crippen LogP contribution < -0.4 is 11.1 Å². The highest BCUT2D eigenvalue weighted by atomic mass is 15.0. The number of nitrogens with zero attached hydrogens (tertiary/aromatic N) is 1. The number of para-hydroxylation sites is 1. The van der Waals surface area contributed by atoms with E-state index in [1.54, 1.807) is 0 Å². The van der Waals surface area contributed by atoms with Crippen molar-refractivity contribution in [2.45, 2.75) is 33.2 Å². The van der Waals surface area contributed by atoms with Crippen molar-refractivity contribution >= 4 is 16.7 Å². The number of pyridine rings is 1. The van der Waals surface area contributed by atoms with E-state index in [2.05, 4.69) is 43.2 Å². The summed E-state index contributed by atoms with van der Waals surface area (Å²) in [6.07, 6.45) is 0.994. The summed E-state index contributed by atoms with van der Waals surface area (Å²) in [6.45, 7) is 7.38. The average molecular weight is 257 g/mol. The smallest absolute Gasteiger partial charge is 0.126 e. The summed E-state index contributed by atoms with van der Waals surface area (Å²) in [4.78, 5) is 4.58. The maximum Gasteiger partial charge on any atom is 0.126 e. The van der Waals surface area contributed by atoms with E-state index in [-0.39, 0.29) is 11.5 Å². The first-order valence-electron chi connectivity index (χ1n) is 6.79. The van der Waals surface area contributed by atoms with E-state index in [9.17, 15) is 0 Å². The van der Waals surface area contributed by atoms with Crippen molar-refractivity contribution in [2.24, 2.45) is 11.1 Å². The molecule has 2 rings (SSSR count). The van der Waals surface area contributed by atoms with Crippen LogP contribution in [0.4, 0.5) is 5.82 Å². The van der Waals surface area contributed by atoms with Gasteiger partial charge < -0.3 is 11.1 Å². The normalized spacial score (nSPS) is 13.5. The average Bonchev–Trinajstić information content (AvgIpc) is 2.34. The van der Waals surface area contributed by atoms with Gasteiger partial charge >= 0.3 is 0 Å². The molecule has 0 aliphatic carbocycles. The number of anilines is 1. The van der Waals surface area contributed by atoms with Gasteiger partial charge in [-0.15, -0.1) is 0 Å². The molecule has 0 radical (unpaired) electrons. The van der Waals surface area contributed by atoms with Gasteiger partial charge in [-0.1, -0.05) is 39.0 Å². The maximum absolute atomic E-state index is 6.13. The molecule has 0 bridgehead atoms. The van der Waals surface area contributed by atoms with Crippen LogP contribution >= 0.6 is 0 Å². The Morgan fingerprint density at radius 3 is 2.63 bits per heavy atom. The fraction of sp³-hybridized carbons (Fsp3) is 0.438. The van der Waals surface area contributed by atoms with E-state index < -0.39 is 0 Å². The van der Waals surface area contributed by atoms with Crippen LogP contribution in [0.3, 0.4) is 0 Å². The highest BCUT2D eigenvalue weighted by molar-refractivity contribution is 5.80. The molecule has 19 heavy (non-hydrogen) atoms. The van der Waals surface area contributed by atoms with Crippen LogP contribution in [0.25, 0.3) is 10.9 Å². The summed E-state index contributed by atoms with van der Waals surface area (Å²) in [5, 5.41) is 4.48. The van der Waals surface area contributed by atoms with Gasteiger partial charge in [0.1, 0.15) is 5.82 Å². The van der Waals surface area contributed by atoms with E-state index >= 15 is 0 Å². The molecule has 0 aliphatic heterocycles. The Morgan fingerprint density at radius 2 is 1.89 bits per heavy atom. The molecule has 3 heteroatoms. The number of aromatic nitrogens is 1. The van der Waals surface area contributed by atoms with Gasteiger partial charge in [0.25, 0.3) is 0 Å². The van der Waals surface area contributed by atoms with E-state index in [1.165, 1.54) is 0 Å². The second-order valence-electron chi connectivity index (χ2n) is 6.29. The molecule has 0 amide bonds. The number of nitrogens with two attached hydrogens (primary N) is 1. The van der Waals surface area contributed by atoms with Crippen LogP contribution in [-0.4, -0.2) is 17.6 Å². The van der Waals surface area contributed by atoms with Crippen molar-refractivity contribution in [3.05, 3.63) is 36.4 Å². The number of fused-ring (bicyclic) bond motifs is 1. The highest BCUT2D eigenvalue weighted by Gasteiger charge is 2.15. The van der Waals surface area contributed by atoms with Crippen molar-refractivity contribution in [1.29, 1.82) is 0 Å². The molecule has 1 aromatic carbocycles. The van der Waals surface area contributed by atoms with Crippen LogP contribution in [0, 0.1) is 5.41 Å². The number of hydrogen-bond acceptors (Lipinski definition) is 3. The summed E-state index contributed by atoms with van der Waals surface area (Å²) in [5.74, 6) is 0.892. The fourth-order valence-corrected chi connectivity index (χ4v) is 2.26. The number of rotatable bonds is 4. The van der Waals surface area contributed by atoms with Crippen LogP contribution in [0.5, 0.6) is 0 Å². The van der Waals surface area contributed by atoms with Gasteiger partial charge in [-0.05, 0) is 30.0 Å². The SMILES string of the molecule is CC(C)(C)CC(N)CNc1ccc2ccccc2n1. The quantitative estimate of drug-likeness (QED) is 0.882. The lowest BCUT2D eigenvalue weighted by molar-refractivity contribution is 0.344. The second-order valence-corrected chi connectivity index (χ2v) is 6.29. The highest BCUT2D eigenvalue weighted by Crippen LogP contribution is 2.20. The predicted molar refractivity (Wildman–Crippen MR) is 82.3 cm³/mol. The van der Waals surface area contributed by atoms with Gasteiger partial charge in [-0.3, -0.25) is 0 Å². The van der Waals surface area contributed by atoms with Crippen molar-refractivity contribution in [3.63, 3.8) is 0 Å². The molecular weight excluding hydrogens is 234 g/mol. The predicted octanol–water partition coefficient (Wildman–Crippen LogP) is 3.41. The van der Waals surface area contributed by atoms with Crippen LogP contribution in [0.1, 0.15) is 27.2 Å². The zero-order valence-corrected chi connectivity index (χ0v) is 12.0. The zero-order valence-electron chi connectivity index (χ0n) is 12.0. The van der Waals surface area contributed by atoms with E-state index in [1.807, 2.05) is 24.3 Å². The van der Waals surface area contributed by atoms with Gasteiger partial charge in [-0.25, -0.2) is 4.98 Å². The molecule has 0 fully saturated rings. The molecule has 0 saturated heterocycles. The summed E-state index contributed by atoms with van der Waals surface area (Å²) < 4.78 is 0. The minimum absolute atomic E-state index is 0.147. The minimum atomic E-state index is 0.147. The lowest BCUT2D eigenvalue weighted by atomic mass is 9.88. The molecule has 0 saturated carbocycles. The fourth-order valence-electron chi connectivity index (χ4n) is 2.26. The van der Waals surface area contributed by atoms with Gasteiger partial charge in [0, 0.05) is 18.0 Å². The molecule has 3 N–H and O–H groups in total. The lowest BCUT2D eigenvalue weighted by Crippen LogP contribution is -2.33. The Kier molecular flexibility index (Phi) is 4.05. The lowest BCUT2D eigenvalue weighted by Gasteiger charge is -2.23. The van der Waals surface area contributed by atoms with E-state index in [0.29, 0.717) is 0 Å². The van der Waals surface area contributed by atoms with E-state index in [4.69, 9.17) is 5.73 Å². The number of benzene rings is 1. The zero-order chi connectivity index (χ0) is 13.9. The van der Waals surface area contributed by atoms with Gasteiger partial charge in [0.15, 0.2) is 0 Å². The van der Waals surface area contributed by atoms with Crippen LogP contribution in [0.2, 0.25) is 0 Å². The molecule has 1 aromatic heterocycles. The third kappa shape index (κ3) is 4.21. The van der Waals surface area contributed by atoms with Crippen LogP contribution in [-0.2, 0) is 0 Å². The summed E-state index contributed by atoms with van der Waals surface area (Å²) in [5.41, 5.74) is 7.40. The Bertz CT molecular complexity index is 543. The topological polar surface area (TPSA) is 50.9 Å². The summed E-state index contributed by atoms with van der Waals surface area (Å²) in [6, 6.07) is 12.4. The molecular formula is C16H23N3. The molecule has 2 aromatic rings. The largest absolute Gasteiger partial charge is 0.368 e. The number of nitrogens with one attached hydrogen (secondary N) is 1. The van der Waals surface area contributed by atoms with Gasteiger partial charge in [-0.2, -0.15) is 0 Å². The van der Waals surface area contributed by atoms with Crippen molar-refractivity contribution in [2.75, 3.05) is 11.9 Å². The molecule has 0 aliphatic rings. The molecule has 3 nitrogen and oxygen atoms in total. The molecule has 1 unspecified atom stereocenters. The minimum Gasteiger partial charge on any atom is -0.368 e. The van der Waals surface area contributed by atoms with Gasteiger partial charge in [0.05, 0.1) is 5.52 Å². The standard InChI is InChI=1S/C16H23N3/c1-16(2,3)10-13(17)11-18-15-9-8-12-6-4-5-7-14(12)19-15/h4-9,13H,10-11,17H2,1-3H3,(H,18,19). The Hall–Kier alpha value is -1.61. The maximum atomic E-state index is 6.13. The summed E-state index contributed by atoms with van der Waals surface area (Å²) >= 11 is 0. The Labute approximate surface area is 115 Å². The Balaban J connectivity index is 1.98. The summed E-state index contributed by atoms with van der Waals surface area (Å²) in [7, 11) is 0. The molecule has 0 spiro atoms. The molecule has 1 heterocycles. The first-order chi connectivity index (χ1) is 8.94. The second kappa shape index (κ2) is 5.57. The molecule has 1 atom stereocenters. The number of hydrogen-bond donors (Lipinski definition) is 2. The van der Waals surface area contributed by atoms with Gasteiger partial charge in [0.2, 0.25) is 0 Å². The van der Waals surface area contributed by atoms with Crippen molar-refractivity contribution in [3.8, 4) is 0 Å². The molecule has 102 valence electrons. The van der Waals surface area contributed by atoms with Crippen molar-refractivity contribution in [1.82, 2.24) is 4.98 Å². The monoisotopic (exact) mass is 257 g/mol. The Morgan fingerprint density at radius 1 is 1.16 bits per heavy atom. The first kappa shape index (κ1) is 13.8.